The van der Waals surface area contributed by atoms with Crippen molar-refractivity contribution in [2.24, 2.45) is 11.8 Å². The van der Waals surface area contributed by atoms with Crippen molar-refractivity contribution in [3.05, 3.63) is 33.8 Å². The molecule has 20 heavy (non-hydrogen) atoms. The van der Waals surface area contributed by atoms with E-state index in [1.54, 1.807) is 4.90 Å². The van der Waals surface area contributed by atoms with Crippen molar-refractivity contribution in [1.29, 1.82) is 0 Å². The molecule has 2 aliphatic rings. The van der Waals surface area contributed by atoms with E-state index in [4.69, 9.17) is 5.11 Å². The first-order valence-electron chi connectivity index (χ1n) is 6.99. The van der Waals surface area contributed by atoms with Crippen LogP contribution in [0.2, 0.25) is 0 Å². The van der Waals surface area contributed by atoms with Gasteiger partial charge >= 0.3 is 6.09 Å². The van der Waals surface area contributed by atoms with E-state index in [1.807, 2.05) is 0 Å². The average molecular weight is 339 g/mol. The Morgan fingerprint density at radius 3 is 2.55 bits per heavy atom. The molecule has 2 heterocycles. The summed E-state index contributed by atoms with van der Waals surface area (Å²) < 4.78 is 1.16. The molecule has 1 amide bonds. The summed E-state index contributed by atoms with van der Waals surface area (Å²) in [6.45, 7) is 6.54. The first-order valence-corrected chi connectivity index (χ1v) is 7.78. The van der Waals surface area contributed by atoms with Gasteiger partial charge in [-0.1, -0.05) is 28.1 Å². The van der Waals surface area contributed by atoms with Crippen LogP contribution in [-0.4, -0.2) is 47.2 Å². The molecule has 0 saturated carbocycles. The Morgan fingerprint density at radius 2 is 1.95 bits per heavy atom. The van der Waals surface area contributed by atoms with Gasteiger partial charge in [0.05, 0.1) is 0 Å². The lowest BCUT2D eigenvalue weighted by Crippen LogP contribution is -2.32. The predicted octanol–water partition coefficient (Wildman–Crippen LogP) is 2.80. The molecule has 1 aromatic rings. The van der Waals surface area contributed by atoms with Crippen LogP contribution in [-0.2, 0) is 6.54 Å². The van der Waals surface area contributed by atoms with Crippen molar-refractivity contribution in [2.75, 3.05) is 26.2 Å². The minimum atomic E-state index is -0.770. The zero-order valence-corrected chi connectivity index (χ0v) is 13.1. The van der Waals surface area contributed by atoms with Crippen molar-refractivity contribution >= 4 is 22.0 Å². The van der Waals surface area contributed by atoms with Crippen LogP contribution in [0.3, 0.4) is 0 Å². The molecule has 3 rings (SSSR count). The number of nitrogens with zero attached hydrogens (tertiary/aromatic N) is 2. The maximum absolute atomic E-state index is 11.0. The van der Waals surface area contributed by atoms with Crippen LogP contribution in [0.25, 0.3) is 0 Å². The molecule has 0 aliphatic carbocycles. The van der Waals surface area contributed by atoms with Gasteiger partial charge in [-0.05, 0) is 36.0 Å². The summed E-state index contributed by atoms with van der Waals surface area (Å²) >= 11 is 3.58. The number of fused-ring (bicyclic) bond motifs is 1. The SMILES string of the molecule is Cc1c(Br)cccc1CN1CC2CN(C(=O)O)CC2C1. The normalized spacial score (nSPS) is 26.0. The van der Waals surface area contributed by atoms with Crippen molar-refractivity contribution < 1.29 is 9.90 Å². The number of carbonyl (C=O) groups is 1. The van der Waals surface area contributed by atoms with Crippen LogP contribution in [0.15, 0.2) is 22.7 Å². The minimum absolute atomic E-state index is 0.513. The lowest BCUT2D eigenvalue weighted by Gasteiger charge is -2.21. The van der Waals surface area contributed by atoms with Crippen molar-refractivity contribution in [2.45, 2.75) is 13.5 Å². The molecule has 1 N–H and O–H groups in total. The summed E-state index contributed by atoms with van der Waals surface area (Å²) in [4.78, 5) is 15.0. The van der Waals surface area contributed by atoms with Gasteiger partial charge in [0.25, 0.3) is 0 Å². The van der Waals surface area contributed by atoms with Crippen LogP contribution in [0.5, 0.6) is 0 Å². The highest BCUT2D eigenvalue weighted by atomic mass is 79.9. The number of likely N-dealkylation sites (tertiary alicyclic amines) is 2. The molecule has 0 bridgehead atoms. The molecule has 0 radical (unpaired) electrons. The Hall–Kier alpha value is -1.07. The standard InChI is InChI=1S/C15H19BrN2O2/c1-10-11(3-2-4-14(10)16)5-17-6-12-8-18(15(19)20)9-13(12)7-17/h2-4,12-13H,5-9H2,1H3,(H,19,20). The Labute approximate surface area is 127 Å². The maximum Gasteiger partial charge on any atom is 0.407 e. The molecule has 2 aliphatic heterocycles. The van der Waals surface area contributed by atoms with Crippen LogP contribution in [0.1, 0.15) is 11.1 Å². The lowest BCUT2D eigenvalue weighted by atomic mass is 10.0. The minimum Gasteiger partial charge on any atom is -0.465 e. The van der Waals surface area contributed by atoms with E-state index >= 15 is 0 Å². The molecule has 2 unspecified atom stereocenters. The van der Waals surface area contributed by atoms with Crippen LogP contribution in [0, 0.1) is 18.8 Å². The second kappa shape index (κ2) is 5.37. The smallest absolute Gasteiger partial charge is 0.407 e. The predicted molar refractivity (Wildman–Crippen MR) is 80.7 cm³/mol. The summed E-state index contributed by atoms with van der Waals surface area (Å²) in [5.41, 5.74) is 2.66. The molecule has 1 aromatic carbocycles. The number of rotatable bonds is 2. The van der Waals surface area contributed by atoms with E-state index in [9.17, 15) is 4.79 Å². The van der Waals surface area contributed by atoms with Crippen LogP contribution in [0.4, 0.5) is 4.79 Å². The first-order chi connectivity index (χ1) is 9.54. The highest BCUT2D eigenvalue weighted by molar-refractivity contribution is 9.10. The van der Waals surface area contributed by atoms with Gasteiger partial charge in [-0.2, -0.15) is 0 Å². The zero-order valence-electron chi connectivity index (χ0n) is 11.6. The topological polar surface area (TPSA) is 43.8 Å². The molecule has 4 nitrogen and oxygen atoms in total. The van der Waals surface area contributed by atoms with E-state index in [0.29, 0.717) is 24.9 Å². The molecule has 0 spiro atoms. The van der Waals surface area contributed by atoms with Crippen LogP contribution >= 0.6 is 15.9 Å². The molecule has 5 heteroatoms. The second-order valence-corrected chi connectivity index (χ2v) is 6.78. The van der Waals surface area contributed by atoms with Crippen LogP contribution < -0.4 is 0 Å². The Bertz CT molecular complexity index is 521. The molecule has 2 atom stereocenters. The quantitative estimate of drug-likeness (QED) is 0.901. The third-order valence-electron chi connectivity index (χ3n) is 4.61. The Kier molecular flexibility index (Phi) is 3.73. The molecule has 108 valence electrons. The number of halogens is 1. The second-order valence-electron chi connectivity index (χ2n) is 5.93. The largest absolute Gasteiger partial charge is 0.465 e. The number of amides is 1. The molecule has 0 aromatic heterocycles. The maximum atomic E-state index is 11.0. The molecule has 2 saturated heterocycles. The van der Waals surface area contributed by atoms with Gasteiger partial charge in [-0.3, -0.25) is 4.90 Å². The first kappa shape index (κ1) is 13.9. The summed E-state index contributed by atoms with van der Waals surface area (Å²) in [5.74, 6) is 1.03. The van der Waals surface area contributed by atoms with Gasteiger partial charge in [-0.15, -0.1) is 0 Å². The van der Waals surface area contributed by atoms with E-state index < -0.39 is 6.09 Å². The number of hydrogen-bond donors (Lipinski definition) is 1. The average Bonchev–Trinajstić information content (AvgIpc) is 2.93. The highest BCUT2D eigenvalue weighted by Crippen LogP contribution is 2.32. The fourth-order valence-corrected chi connectivity index (χ4v) is 3.85. The van der Waals surface area contributed by atoms with Gasteiger partial charge < -0.3 is 10.0 Å². The van der Waals surface area contributed by atoms with Gasteiger partial charge in [0.2, 0.25) is 0 Å². The number of carboxylic acid groups (broad SMARTS) is 1. The monoisotopic (exact) mass is 338 g/mol. The van der Waals surface area contributed by atoms with Gasteiger partial charge in [0, 0.05) is 37.2 Å². The zero-order chi connectivity index (χ0) is 14.3. The summed E-state index contributed by atoms with van der Waals surface area (Å²) in [5, 5.41) is 9.04. The fourth-order valence-electron chi connectivity index (χ4n) is 3.44. The third kappa shape index (κ3) is 2.56. The number of benzene rings is 1. The van der Waals surface area contributed by atoms with E-state index in [1.165, 1.54) is 11.1 Å². The fraction of sp³-hybridized carbons (Fsp3) is 0.533. The lowest BCUT2D eigenvalue weighted by molar-refractivity contribution is 0.148. The highest BCUT2D eigenvalue weighted by Gasteiger charge is 2.41. The molecular formula is C15H19BrN2O2. The van der Waals surface area contributed by atoms with E-state index in [0.717, 1.165) is 24.1 Å². The summed E-state index contributed by atoms with van der Waals surface area (Å²) in [7, 11) is 0. The van der Waals surface area contributed by atoms with Crippen molar-refractivity contribution in [3.8, 4) is 0 Å². The van der Waals surface area contributed by atoms with E-state index in [2.05, 4.69) is 46.0 Å². The molecule has 2 fully saturated rings. The third-order valence-corrected chi connectivity index (χ3v) is 5.47. The van der Waals surface area contributed by atoms with Gasteiger partial charge in [-0.25, -0.2) is 4.79 Å². The summed E-state index contributed by atoms with van der Waals surface area (Å²) in [6, 6.07) is 6.33. The Balaban J connectivity index is 1.63. The van der Waals surface area contributed by atoms with E-state index in [-0.39, 0.29) is 0 Å². The molecular weight excluding hydrogens is 320 g/mol. The van der Waals surface area contributed by atoms with Gasteiger partial charge in [0.15, 0.2) is 0 Å². The van der Waals surface area contributed by atoms with Crippen molar-refractivity contribution in [3.63, 3.8) is 0 Å². The van der Waals surface area contributed by atoms with Gasteiger partial charge in [0.1, 0.15) is 0 Å². The number of hydrogen-bond acceptors (Lipinski definition) is 2. The Morgan fingerprint density at radius 1 is 1.30 bits per heavy atom. The van der Waals surface area contributed by atoms with Crippen molar-refractivity contribution in [1.82, 2.24) is 9.80 Å². The summed E-state index contributed by atoms with van der Waals surface area (Å²) in [6.07, 6.45) is -0.770.